The number of amides is 1. The molecule has 1 saturated carbocycles. The summed E-state index contributed by atoms with van der Waals surface area (Å²) in [5.74, 6) is 0.581. The highest BCUT2D eigenvalue weighted by atomic mass is 16.1. The number of hydrogen-bond acceptors (Lipinski definition) is 4. The number of nitrogens with one attached hydrogen (secondary N) is 2. The monoisotopic (exact) mass is 338 g/mol. The van der Waals surface area contributed by atoms with Gasteiger partial charge in [-0.1, -0.05) is 56.0 Å². The predicted octanol–water partition coefficient (Wildman–Crippen LogP) is 3.58. The van der Waals surface area contributed by atoms with Gasteiger partial charge in [-0.25, -0.2) is 9.97 Å². The molecule has 0 radical (unpaired) electrons. The molecule has 1 aliphatic rings. The molecule has 0 atom stereocenters. The summed E-state index contributed by atoms with van der Waals surface area (Å²) in [7, 11) is 0. The average Bonchev–Trinajstić information content (AvgIpc) is 2.92. The van der Waals surface area contributed by atoms with Crippen LogP contribution < -0.4 is 10.6 Å². The second-order valence-electron chi connectivity index (χ2n) is 6.61. The summed E-state index contributed by atoms with van der Waals surface area (Å²) >= 11 is 0. The van der Waals surface area contributed by atoms with Crippen LogP contribution in [0.15, 0.2) is 42.7 Å². The molecule has 1 fully saturated rings. The third-order valence-corrected chi connectivity index (χ3v) is 4.64. The SMILES string of the molecule is O=C(NC1CCCCCC1)c1cnc(NCCc2ccccc2)cn1. The van der Waals surface area contributed by atoms with E-state index in [1.165, 1.54) is 31.2 Å². The highest BCUT2D eigenvalue weighted by Gasteiger charge is 2.16. The third kappa shape index (κ3) is 5.55. The Labute approximate surface area is 149 Å². The molecule has 0 saturated heterocycles. The zero-order valence-corrected chi connectivity index (χ0v) is 14.6. The fourth-order valence-electron chi connectivity index (χ4n) is 3.20. The number of carbonyl (C=O) groups excluding carboxylic acids is 1. The fourth-order valence-corrected chi connectivity index (χ4v) is 3.20. The molecule has 1 amide bonds. The number of anilines is 1. The maximum atomic E-state index is 12.3. The molecule has 0 unspecified atom stereocenters. The molecule has 1 aliphatic carbocycles. The van der Waals surface area contributed by atoms with Crippen LogP contribution in [-0.2, 0) is 6.42 Å². The number of carbonyl (C=O) groups is 1. The summed E-state index contributed by atoms with van der Waals surface area (Å²) < 4.78 is 0. The maximum Gasteiger partial charge on any atom is 0.271 e. The quantitative estimate of drug-likeness (QED) is 0.790. The second-order valence-corrected chi connectivity index (χ2v) is 6.61. The van der Waals surface area contributed by atoms with Gasteiger partial charge in [-0.2, -0.15) is 0 Å². The van der Waals surface area contributed by atoms with Gasteiger partial charge in [0.25, 0.3) is 5.91 Å². The minimum atomic E-state index is -0.116. The van der Waals surface area contributed by atoms with Crippen molar-refractivity contribution < 1.29 is 4.79 Å². The van der Waals surface area contributed by atoms with Crippen LogP contribution in [0.1, 0.15) is 54.6 Å². The van der Waals surface area contributed by atoms with Crippen molar-refractivity contribution in [2.24, 2.45) is 0 Å². The Kier molecular flexibility index (Phi) is 6.37. The Morgan fingerprint density at radius 3 is 2.44 bits per heavy atom. The zero-order valence-electron chi connectivity index (χ0n) is 14.6. The van der Waals surface area contributed by atoms with Crippen molar-refractivity contribution in [1.82, 2.24) is 15.3 Å². The van der Waals surface area contributed by atoms with Crippen molar-refractivity contribution in [2.45, 2.75) is 51.0 Å². The van der Waals surface area contributed by atoms with Gasteiger partial charge < -0.3 is 10.6 Å². The van der Waals surface area contributed by atoms with E-state index in [9.17, 15) is 4.79 Å². The zero-order chi connectivity index (χ0) is 17.3. The van der Waals surface area contributed by atoms with E-state index in [1.54, 1.807) is 12.4 Å². The molecule has 0 aliphatic heterocycles. The standard InChI is InChI=1S/C20H26N4O/c25-20(24-17-10-6-1-2-7-11-17)18-14-23-19(15-22-18)21-13-12-16-8-4-3-5-9-16/h3-5,8-9,14-15,17H,1-2,6-7,10-13H2,(H,21,23)(H,24,25). The van der Waals surface area contributed by atoms with E-state index in [1.807, 2.05) is 18.2 Å². The molecule has 25 heavy (non-hydrogen) atoms. The van der Waals surface area contributed by atoms with Gasteiger partial charge in [0.1, 0.15) is 11.5 Å². The van der Waals surface area contributed by atoms with Crippen LogP contribution in [0.2, 0.25) is 0 Å². The fraction of sp³-hybridized carbons (Fsp3) is 0.450. The molecular formula is C20H26N4O. The van der Waals surface area contributed by atoms with E-state index in [4.69, 9.17) is 0 Å². The van der Waals surface area contributed by atoms with Crippen LogP contribution in [0.4, 0.5) is 5.82 Å². The lowest BCUT2D eigenvalue weighted by molar-refractivity contribution is 0.0928. The largest absolute Gasteiger partial charge is 0.368 e. The van der Waals surface area contributed by atoms with Crippen molar-refractivity contribution in [2.75, 3.05) is 11.9 Å². The van der Waals surface area contributed by atoms with Gasteiger partial charge in [-0.3, -0.25) is 4.79 Å². The molecule has 0 bridgehead atoms. The van der Waals surface area contributed by atoms with E-state index in [-0.39, 0.29) is 11.9 Å². The number of benzene rings is 1. The van der Waals surface area contributed by atoms with Crippen LogP contribution in [0.25, 0.3) is 0 Å². The molecule has 2 aromatic rings. The highest BCUT2D eigenvalue weighted by molar-refractivity contribution is 5.92. The van der Waals surface area contributed by atoms with Crippen molar-refractivity contribution in [3.8, 4) is 0 Å². The molecule has 1 aromatic heterocycles. The van der Waals surface area contributed by atoms with E-state index in [0.29, 0.717) is 11.5 Å². The molecular weight excluding hydrogens is 312 g/mol. The molecule has 3 rings (SSSR count). The highest BCUT2D eigenvalue weighted by Crippen LogP contribution is 2.17. The smallest absolute Gasteiger partial charge is 0.271 e. The van der Waals surface area contributed by atoms with Crippen molar-refractivity contribution in [3.63, 3.8) is 0 Å². The predicted molar refractivity (Wildman–Crippen MR) is 99.6 cm³/mol. The molecule has 132 valence electrons. The van der Waals surface area contributed by atoms with E-state index >= 15 is 0 Å². The first-order valence-electron chi connectivity index (χ1n) is 9.22. The summed E-state index contributed by atoms with van der Waals surface area (Å²) in [4.78, 5) is 20.9. The summed E-state index contributed by atoms with van der Waals surface area (Å²) in [6, 6.07) is 10.6. The summed E-state index contributed by atoms with van der Waals surface area (Å²) in [6.07, 6.45) is 11.2. The van der Waals surface area contributed by atoms with Gasteiger partial charge in [0, 0.05) is 12.6 Å². The van der Waals surface area contributed by atoms with Gasteiger partial charge in [-0.05, 0) is 24.8 Å². The Morgan fingerprint density at radius 1 is 1.00 bits per heavy atom. The molecule has 1 aromatic carbocycles. The second kappa shape index (κ2) is 9.16. The molecule has 2 N–H and O–H groups in total. The lowest BCUT2D eigenvalue weighted by Crippen LogP contribution is -2.34. The van der Waals surface area contributed by atoms with Crippen LogP contribution in [-0.4, -0.2) is 28.5 Å². The topological polar surface area (TPSA) is 66.9 Å². The summed E-state index contributed by atoms with van der Waals surface area (Å²) in [5, 5.41) is 6.34. The first kappa shape index (κ1) is 17.4. The molecule has 0 spiro atoms. The van der Waals surface area contributed by atoms with Gasteiger partial charge in [-0.15, -0.1) is 0 Å². The first-order chi connectivity index (χ1) is 12.3. The minimum absolute atomic E-state index is 0.116. The van der Waals surface area contributed by atoms with Gasteiger partial charge in [0.15, 0.2) is 0 Å². The van der Waals surface area contributed by atoms with Crippen LogP contribution >= 0.6 is 0 Å². The van der Waals surface area contributed by atoms with Crippen molar-refractivity contribution in [3.05, 3.63) is 54.0 Å². The Hall–Kier alpha value is -2.43. The Morgan fingerprint density at radius 2 is 1.76 bits per heavy atom. The van der Waals surface area contributed by atoms with Crippen LogP contribution in [0.3, 0.4) is 0 Å². The van der Waals surface area contributed by atoms with Gasteiger partial charge in [0.2, 0.25) is 0 Å². The molecule has 5 heteroatoms. The summed E-state index contributed by atoms with van der Waals surface area (Å²) in [6.45, 7) is 0.784. The lowest BCUT2D eigenvalue weighted by Gasteiger charge is -2.15. The molecule has 5 nitrogen and oxygen atoms in total. The van der Waals surface area contributed by atoms with Crippen molar-refractivity contribution >= 4 is 11.7 Å². The normalized spacial score (nSPS) is 15.4. The van der Waals surface area contributed by atoms with E-state index in [2.05, 4.69) is 32.7 Å². The van der Waals surface area contributed by atoms with Gasteiger partial charge in [0.05, 0.1) is 12.4 Å². The Balaban J connectivity index is 1.46. The number of aromatic nitrogens is 2. The number of hydrogen-bond donors (Lipinski definition) is 2. The first-order valence-corrected chi connectivity index (χ1v) is 9.22. The Bertz CT molecular complexity index is 649. The average molecular weight is 338 g/mol. The van der Waals surface area contributed by atoms with E-state index < -0.39 is 0 Å². The maximum absolute atomic E-state index is 12.3. The minimum Gasteiger partial charge on any atom is -0.368 e. The lowest BCUT2D eigenvalue weighted by atomic mass is 10.1. The number of nitrogens with zero attached hydrogens (tertiary/aromatic N) is 2. The number of rotatable bonds is 6. The van der Waals surface area contributed by atoms with Crippen LogP contribution in [0.5, 0.6) is 0 Å². The third-order valence-electron chi connectivity index (χ3n) is 4.64. The van der Waals surface area contributed by atoms with Crippen LogP contribution in [0, 0.1) is 0 Å². The van der Waals surface area contributed by atoms with Crippen molar-refractivity contribution in [1.29, 1.82) is 0 Å². The van der Waals surface area contributed by atoms with Gasteiger partial charge >= 0.3 is 0 Å². The van der Waals surface area contributed by atoms with E-state index in [0.717, 1.165) is 25.8 Å². The summed E-state index contributed by atoms with van der Waals surface area (Å²) in [5.41, 5.74) is 1.67. The molecule has 1 heterocycles.